The van der Waals surface area contributed by atoms with Crippen molar-refractivity contribution in [2.45, 2.75) is 16.7 Å². The molecule has 0 spiro atoms. The summed E-state index contributed by atoms with van der Waals surface area (Å²) in [5.74, 6) is 0. The molecule has 1 aromatic heterocycles. The van der Waals surface area contributed by atoms with Crippen LogP contribution in [0.15, 0.2) is 11.2 Å². The maximum Gasteiger partial charge on any atom is 0.214 e. The molecule has 62 valence electrons. The second-order valence-corrected chi connectivity index (χ2v) is 5.52. The van der Waals surface area contributed by atoms with Gasteiger partial charge in [-0.2, -0.15) is 8.75 Å². The van der Waals surface area contributed by atoms with Crippen LogP contribution in [0.2, 0.25) is 0 Å². The fourth-order valence-electron chi connectivity index (χ4n) is 0.448. The lowest BCUT2D eigenvalue weighted by molar-refractivity contribution is 0.592. The van der Waals surface area contributed by atoms with Crippen molar-refractivity contribution < 1.29 is 8.42 Å². The maximum absolute atomic E-state index is 11.2. The normalized spacial score (nSPS) is 14.7. The summed E-state index contributed by atoms with van der Waals surface area (Å²) in [6.45, 7) is 1.39. The van der Waals surface area contributed by atoms with Gasteiger partial charge >= 0.3 is 0 Å². The third-order valence-electron chi connectivity index (χ3n) is 1.06. The molecule has 0 amide bonds. The van der Waals surface area contributed by atoms with E-state index in [1.54, 1.807) is 0 Å². The number of aromatic nitrogens is 2. The largest absolute Gasteiger partial charge is 0.220 e. The number of alkyl halides is 1. The number of rotatable bonds is 2. The van der Waals surface area contributed by atoms with Gasteiger partial charge in [0.2, 0.25) is 9.84 Å². The molecule has 0 bridgehead atoms. The van der Waals surface area contributed by atoms with Crippen molar-refractivity contribution in [3.05, 3.63) is 6.20 Å². The Hall–Kier alpha value is -0.200. The summed E-state index contributed by atoms with van der Waals surface area (Å²) in [4.78, 5) is 0. The molecule has 0 N–H and O–H groups in total. The van der Waals surface area contributed by atoms with Crippen molar-refractivity contribution in [3.63, 3.8) is 0 Å². The van der Waals surface area contributed by atoms with E-state index in [1.165, 1.54) is 13.1 Å². The van der Waals surface area contributed by atoms with Gasteiger partial charge in [0.05, 0.1) is 17.9 Å². The zero-order valence-electron chi connectivity index (χ0n) is 5.56. The quantitative estimate of drug-likeness (QED) is 0.684. The van der Waals surface area contributed by atoms with Crippen molar-refractivity contribution in [2.24, 2.45) is 0 Å². The van der Waals surface area contributed by atoms with Crippen LogP contribution in [0.5, 0.6) is 0 Å². The van der Waals surface area contributed by atoms with Gasteiger partial charge in [-0.3, -0.25) is 0 Å². The minimum absolute atomic E-state index is 0.0509. The number of nitrogens with zero attached hydrogens (tertiary/aromatic N) is 2. The van der Waals surface area contributed by atoms with E-state index in [2.05, 4.69) is 8.75 Å². The molecule has 11 heavy (non-hydrogen) atoms. The van der Waals surface area contributed by atoms with E-state index in [0.29, 0.717) is 0 Å². The third-order valence-corrected chi connectivity index (χ3v) is 3.99. The Balaban J connectivity index is 3.12. The van der Waals surface area contributed by atoms with Crippen LogP contribution in [0.4, 0.5) is 0 Å². The van der Waals surface area contributed by atoms with Crippen LogP contribution in [-0.4, -0.2) is 21.9 Å². The van der Waals surface area contributed by atoms with Crippen LogP contribution in [-0.2, 0) is 9.84 Å². The molecule has 0 aliphatic heterocycles. The van der Waals surface area contributed by atoms with Gasteiger partial charge in [0.25, 0.3) is 0 Å². The number of hydrogen-bond acceptors (Lipinski definition) is 5. The predicted octanol–water partition coefficient (Wildman–Crippen LogP) is 0.897. The molecule has 1 unspecified atom stereocenters. The van der Waals surface area contributed by atoms with Gasteiger partial charge in [-0.25, -0.2) is 8.42 Å². The molecule has 1 heterocycles. The Bertz CT molecular complexity index is 318. The maximum atomic E-state index is 11.2. The lowest BCUT2D eigenvalue weighted by atomic mass is 10.9. The van der Waals surface area contributed by atoms with Crippen LogP contribution in [0.1, 0.15) is 6.92 Å². The van der Waals surface area contributed by atoms with Crippen molar-refractivity contribution >= 4 is 33.2 Å². The number of hydrogen-bond donors (Lipinski definition) is 0. The molecule has 1 aromatic rings. The van der Waals surface area contributed by atoms with Gasteiger partial charge < -0.3 is 0 Å². The summed E-state index contributed by atoms with van der Waals surface area (Å²) >= 11 is 6.26. The highest BCUT2D eigenvalue weighted by atomic mass is 35.5. The Kier molecular flexibility index (Phi) is 2.46. The first kappa shape index (κ1) is 8.89. The van der Waals surface area contributed by atoms with Gasteiger partial charge in [0.15, 0.2) is 5.03 Å². The van der Waals surface area contributed by atoms with Gasteiger partial charge in [0.1, 0.15) is 4.71 Å². The van der Waals surface area contributed by atoms with Crippen LogP contribution in [0.3, 0.4) is 0 Å². The summed E-state index contributed by atoms with van der Waals surface area (Å²) in [5, 5.41) is -0.0509. The van der Waals surface area contributed by atoms with Gasteiger partial charge in [-0.15, -0.1) is 11.6 Å². The topological polar surface area (TPSA) is 59.9 Å². The standard InChI is InChI=1S/C4H5ClN2O2S2/c1-3(5)11(8,9)4-2-6-10-7-4/h2-3H,1H3. The van der Waals surface area contributed by atoms with Crippen molar-refractivity contribution in [1.82, 2.24) is 8.75 Å². The van der Waals surface area contributed by atoms with Crippen molar-refractivity contribution in [3.8, 4) is 0 Å². The van der Waals surface area contributed by atoms with E-state index >= 15 is 0 Å². The first-order valence-corrected chi connectivity index (χ1v) is 5.42. The summed E-state index contributed by atoms with van der Waals surface area (Å²) in [6.07, 6.45) is 1.19. The zero-order chi connectivity index (χ0) is 8.48. The number of halogens is 1. The van der Waals surface area contributed by atoms with E-state index in [-0.39, 0.29) is 5.03 Å². The van der Waals surface area contributed by atoms with E-state index in [1.807, 2.05) is 0 Å². The first-order chi connectivity index (χ1) is 5.05. The SMILES string of the molecule is CC(Cl)S(=O)(=O)c1cnsn1. The molecule has 1 atom stereocenters. The lowest BCUT2D eigenvalue weighted by Crippen LogP contribution is -2.11. The molecule has 0 saturated heterocycles. The van der Waals surface area contributed by atoms with Crippen molar-refractivity contribution in [1.29, 1.82) is 0 Å². The van der Waals surface area contributed by atoms with E-state index < -0.39 is 14.5 Å². The fourth-order valence-corrected chi connectivity index (χ4v) is 2.16. The molecule has 0 aliphatic carbocycles. The lowest BCUT2D eigenvalue weighted by Gasteiger charge is -1.99. The molecular formula is C4H5ClN2O2S2. The van der Waals surface area contributed by atoms with Crippen LogP contribution in [0.25, 0.3) is 0 Å². The van der Waals surface area contributed by atoms with Gasteiger partial charge in [0, 0.05) is 0 Å². The Morgan fingerprint density at radius 2 is 2.36 bits per heavy atom. The summed E-state index contributed by atoms with van der Waals surface area (Å²) in [5.41, 5.74) is 0. The second-order valence-electron chi connectivity index (χ2n) is 1.83. The third kappa shape index (κ3) is 1.69. The zero-order valence-corrected chi connectivity index (χ0v) is 7.95. The predicted molar refractivity (Wildman–Crippen MR) is 42.4 cm³/mol. The Morgan fingerprint density at radius 1 is 1.73 bits per heavy atom. The van der Waals surface area contributed by atoms with Gasteiger partial charge in [-0.05, 0) is 6.92 Å². The van der Waals surface area contributed by atoms with E-state index in [9.17, 15) is 8.42 Å². The average Bonchev–Trinajstić information content (AvgIpc) is 2.37. The summed E-state index contributed by atoms with van der Waals surface area (Å²) in [7, 11) is -3.43. The minimum Gasteiger partial charge on any atom is -0.220 e. The van der Waals surface area contributed by atoms with E-state index in [4.69, 9.17) is 11.6 Å². The van der Waals surface area contributed by atoms with Crippen LogP contribution < -0.4 is 0 Å². The number of sulfone groups is 1. The highest BCUT2D eigenvalue weighted by Gasteiger charge is 2.23. The molecule has 0 fully saturated rings. The molecule has 7 heteroatoms. The smallest absolute Gasteiger partial charge is 0.214 e. The Morgan fingerprint density at radius 3 is 2.73 bits per heavy atom. The fraction of sp³-hybridized carbons (Fsp3) is 0.500. The van der Waals surface area contributed by atoms with Crippen LogP contribution >= 0.6 is 23.3 Å². The highest BCUT2D eigenvalue weighted by Crippen LogP contribution is 2.15. The highest BCUT2D eigenvalue weighted by molar-refractivity contribution is 7.93. The second kappa shape index (κ2) is 3.04. The minimum atomic E-state index is -3.43. The summed E-state index contributed by atoms with van der Waals surface area (Å²) < 4.78 is 28.5. The first-order valence-electron chi connectivity index (χ1n) is 2.70. The van der Waals surface area contributed by atoms with Crippen molar-refractivity contribution in [2.75, 3.05) is 0 Å². The molecular weight excluding hydrogens is 208 g/mol. The average molecular weight is 213 g/mol. The molecule has 0 radical (unpaired) electrons. The molecule has 4 nitrogen and oxygen atoms in total. The van der Waals surface area contributed by atoms with Crippen LogP contribution in [0, 0.1) is 0 Å². The van der Waals surface area contributed by atoms with Gasteiger partial charge in [-0.1, -0.05) is 0 Å². The monoisotopic (exact) mass is 212 g/mol. The molecule has 1 rings (SSSR count). The summed E-state index contributed by atoms with van der Waals surface area (Å²) in [6, 6.07) is 0. The Labute approximate surface area is 73.5 Å². The molecule has 0 aliphatic rings. The molecule has 0 saturated carbocycles. The molecule has 0 aromatic carbocycles. The van der Waals surface area contributed by atoms with E-state index in [0.717, 1.165) is 11.7 Å².